The SMILES string of the molecule is Nc1nnc(C(NC(=O)C2(Cc3ccccc3)CNC2)c2ccccc2)s1. The smallest absolute Gasteiger partial charge is 0.229 e. The van der Waals surface area contributed by atoms with Crippen LogP contribution in [0.5, 0.6) is 0 Å². The van der Waals surface area contributed by atoms with Crippen molar-refractivity contribution in [3.63, 3.8) is 0 Å². The summed E-state index contributed by atoms with van der Waals surface area (Å²) in [4.78, 5) is 13.3. The van der Waals surface area contributed by atoms with Crippen molar-refractivity contribution < 1.29 is 4.79 Å². The second kappa shape index (κ2) is 7.46. The van der Waals surface area contributed by atoms with Gasteiger partial charge in [0.15, 0.2) is 0 Å². The Morgan fingerprint density at radius 1 is 1.11 bits per heavy atom. The number of hydrogen-bond acceptors (Lipinski definition) is 6. The Labute approximate surface area is 161 Å². The van der Waals surface area contributed by atoms with Gasteiger partial charge in [-0.1, -0.05) is 72.0 Å². The van der Waals surface area contributed by atoms with E-state index in [4.69, 9.17) is 5.73 Å². The third-order valence-electron chi connectivity index (χ3n) is 4.91. The predicted octanol–water partition coefficient (Wildman–Crippen LogP) is 2.16. The minimum Gasteiger partial charge on any atom is -0.374 e. The predicted molar refractivity (Wildman–Crippen MR) is 106 cm³/mol. The van der Waals surface area contributed by atoms with E-state index < -0.39 is 5.41 Å². The summed E-state index contributed by atoms with van der Waals surface area (Å²) in [5.74, 6) is 0.0210. The van der Waals surface area contributed by atoms with Crippen molar-refractivity contribution in [2.75, 3.05) is 18.8 Å². The largest absolute Gasteiger partial charge is 0.374 e. The van der Waals surface area contributed by atoms with E-state index in [1.165, 1.54) is 11.3 Å². The topological polar surface area (TPSA) is 92.9 Å². The van der Waals surface area contributed by atoms with E-state index in [1.54, 1.807) is 0 Å². The maximum atomic E-state index is 13.3. The molecular formula is C20H21N5OS. The molecule has 3 aromatic rings. The summed E-state index contributed by atoms with van der Waals surface area (Å²) < 4.78 is 0. The molecule has 1 unspecified atom stereocenters. The number of aromatic nitrogens is 2. The molecule has 0 saturated carbocycles. The number of hydrogen-bond donors (Lipinski definition) is 3. The summed E-state index contributed by atoms with van der Waals surface area (Å²) >= 11 is 1.30. The number of benzene rings is 2. The molecule has 1 aliphatic rings. The molecule has 1 amide bonds. The van der Waals surface area contributed by atoms with Crippen LogP contribution in [0.2, 0.25) is 0 Å². The fourth-order valence-corrected chi connectivity index (χ4v) is 4.05. The summed E-state index contributed by atoms with van der Waals surface area (Å²) in [6.07, 6.45) is 0.701. The molecule has 1 aromatic heterocycles. The first kappa shape index (κ1) is 17.6. The van der Waals surface area contributed by atoms with Crippen LogP contribution in [-0.4, -0.2) is 29.2 Å². The van der Waals surface area contributed by atoms with E-state index in [1.807, 2.05) is 48.5 Å². The number of rotatable bonds is 6. The maximum Gasteiger partial charge on any atom is 0.229 e. The van der Waals surface area contributed by atoms with Crippen LogP contribution in [0.1, 0.15) is 22.2 Å². The van der Waals surface area contributed by atoms with Gasteiger partial charge in [-0.3, -0.25) is 4.79 Å². The molecule has 1 fully saturated rings. The average Bonchev–Trinajstić information content (AvgIpc) is 3.10. The Hall–Kier alpha value is -2.77. The molecular weight excluding hydrogens is 358 g/mol. The van der Waals surface area contributed by atoms with Crippen LogP contribution in [0.3, 0.4) is 0 Å². The van der Waals surface area contributed by atoms with Crippen LogP contribution in [0.4, 0.5) is 5.13 Å². The van der Waals surface area contributed by atoms with Crippen molar-refractivity contribution in [2.45, 2.75) is 12.5 Å². The van der Waals surface area contributed by atoms with Crippen molar-refractivity contribution in [2.24, 2.45) is 5.41 Å². The fraction of sp³-hybridized carbons (Fsp3) is 0.250. The first-order valence-corrected chi connectivity index (χ1v) is 9.67. The van der Waals surface area contributed by atoms with Gasteiger partial charge in [-0.25, -0.2) is 0 Å². The summed E-state index contributed by atoms with van der Waals surface area (Å²) in [5, 5.41) is 15.6. The number of amides is 1. The zero-order valence-electron chi connectivity index (χ0n) is 14.8. The summed E-state index contributed by atoms with van der Waals surface area (Å²) in [6, 6.07) is 19.6. The zero-order valence-corrected chi connectivity index (χ0v) is 15.6. The van der Waals surface area contributed by atoms with Crippen molar-refractivity contribution in [1.82, 2.24) is 20.8 Å². The first-order valence-electron chi connectivity index (χ1n) is 8.86. The molecule has 0 radical (unpaired) electrons. The van der Waals surface area contributed by atoms with E-state index in [0.29, 0.717) is 29.6 Å². The lowest BCUT2D eigenvalue weighted by atomic mass is 9.75. The van der Waals surface area contributed by atoms with Crippen molar-refractivity contribution in [3.8, 4) is 0 Å². The van der Waals surface area contributed by atoms with E-state index in [-0.39, 0.29) is 11.9 Å². The molecule has 6 nitrogen and oxygen atoms in total. The number of anilines is 1. The molecule has 1 aliphatic heterocycles. The van der Waals surface area contributed by atoms with Crippen LogP contribution < -0.4 is 16.4 Å². The van der Waals surface area contributed by atoms with Crippen molar-refractivity contribution >= 4 is 22.4 Å². The fourth-order valence-electron chi connectivity index (χ4n) is 3.36. The van der Waals surface area contributed by atoms with Crippen molar-refractivity contribution in [3.05, 3.63) is 76.8 Å². The lowest BCUT2D eigenvalue weighted by Crippen LogP contribution is -2.62. The lowest BCUT2D eigenvalue weighted by molar-refractivity contribution is -0.134. The highest BCUT2D eigenvalue weighted by Crippen LogP contribution is 2.32. The van der Waals surface area contributed by atoms with Crippen LogP contribution >= 0.6 is 11.3 Å². The molecule has 7 heteroatoms. The number of nitrogens with two attached hydrogens (primary N) is 1. The van der Waals surface area contributed by atoms with Gasteiger partial charge >= 0.3 is 0 Å². The van der Waals surface area contributed by atoms with E-state index in [2.05, 4.69) is 33.0 Å². The third-order valence-corrected chi connectivity index (χ3v) is 5.72. The van der Waals surface area contributed by atoms with E-state index >= 15 is 0 Å². The van der Waals surface area contributed by atoms with Gasteiger partial charge in [0.25, 0.3) is 0 Å². The highest BCUT2D eigenvalue weighted by molar-refractivity contribution is 7.15. The number of carbonyl (C=O) groups is 1. The summed E-state index contributed by atoms with van der Waals surface area (Å²) in [7, 11) is 0. The quantitative estimate of drug-likeness (QED) is 0.610. The van der Waals surface area contributed by atoms with Crippen LogP contribution in [0.15, 0.2) is 60.7 Å². The molecule has 2 heterocycles. The highest BCUT2D eigenvalue weighted by Gasteiger charge is 2.45. The normalized spacial score (nSPS) is 16.3. The van der Waals surface area contributed by atoms with Crippen LogP contribution in [-0.2, 0) is 11.2 Å². The minimum atomic E-state index is -0.454. The number of carbonyl (C=O) groups excluding carboxylic acids is 1. The Morgan fingerprint density at radius 2 is 1.78 bits per heavy atom. The van der Waals surface area contributed by atoms with Crippen LogP contribution in [0, 0.1) is 5.41 Å². The standard InChI is InChI=1S/C20H21N5OS/c21-19-25-24-17(27-19)16(15-9-5-2-6-10-15)23-18(26)20(12-22-13-20)11-14-7-3-1-4-8-14/h1-10,16,22H,11-13H2,(H2,21,25)(H,23,26). The molecule has 4 rings (SSSR count). The number of nitrogen functional groups attached to an aromatic ring is 1. The third kappa shape index (κ3) is 3.70. The number of nitrogens with zero attached hydrogens (tertiary/aromatic N) is 2. The van der Waals surface area contributed by atoms with Gasteiger partial charge in [-0.05, 0) is 17.5 Å². The van der Waals surface area contributed by atoms with Gasteiger partial charge in [-0.2, -0.15) is 0 Å². The zero-order chi connectivity index (χ0) is 18.7. The van der Waals surface area contributed by atoms with Gasteiger partial charge < -0.3 is 16.4 Å². The van der Waals surface area contributed by atoms with E-state index in [9.17, 15) is 4.79 Å². The first-order chi connectivity index (χ1) is 13.2. The summed E-state index contributed by atoms with van der Waals surface area (Å²) in [5.41, 5.74) is 7.44. The molecule has 27 heavy (non-hydrogen) atoms. The summed E-state index contributed by atoms with van der Waals surface area (Å²) in [6.45, 7) is 1.32. The second-order valence-corrected chi connectivity index (χ2v) is 7.88. The van der Waals surface area contributed by atoms with Crippen molar-refractivity contribution in [1.29, 1.82) is 0 Å². The van der Waals surface area contributed by atoms with Gasteiger partial charge in [0, 0.05) is 13.1 Å². The molecule has 1 atom stereocenters. The Kier molecular flexibility index (Phi) is 4.87. The highest BCUT2D eigenvalue weighted by atomic mass is 32.1. The minimum absolute atomic E-state index is 0.0210. The van der Waals surface area contributed by atoms with Gasteiger partial charge in [0.2, 0.25) is 11.0 Å². The van der Waals surface area contributed by atoms with Crippen LogP contribution in [0.25, 0.3) is 0 Å². The Balaban J connectivity index is 1.59. The Morgan fingerprint density at radius 3 is 2.33 bits per heavy atom. The second-order valence-electron chi connectivity index (χ2n) is 6.84. The molecule has 2 aromatic carbocycles. The molecule has 1 saturated heterocycles. The average molecular weight is 379 g/mol. The Bertz CT molecular complexity index is 908. The maximum absolute atomic E-state index is 13.3. The molecule has 0 spiro atoms. The molecule has 0 bridgehead atoms. The van der Waals surface area contributed by atoms with Gasteiger partial charge in [0.1, 0.15) is 11.0 Å². The monoisotopic (exact) mass is 379 g/mol. The van der Waals surface area contributed by atoms with Gasteiger partial charge in [0.05, 0.1) is 5.41 Å². The molecule has 138 valence electrons. The van der Waals surface area contributed by atoms with Gasteiger partial charge in [-0.15, -0.1) is 10.2 Å². The van der Waals surface area contributed by atoms with E-state index in [0.717, 1.165) is 11.1 Å². The molecule has 4 N–H and O–H groups in total. The lowest BCUT2D eigenvalue weighted by Gasteiger charge is -2.42. The molecule has 0 aliphatic carbocycles. The number of nitrogens with one attached hydrogen (secondary N) is 2.